The zero-order valence-electron chi connectivity index (χ0n) is 9.20. The SMILES string of the molecule is CCOC(=O)C(C(C)=O)c1cccc(F)c1. The van der Waals surface area contributed by atoms with Crippen LogP contribution in [-0.2, 0) is 14.3 Å². The number of esters is 1. The first kappa shape index (κ1) is 12.4. The van der Waals surface area contributed by atoms with Crippen molar-refractivity contribution in [3.8, 4) is 0 Å². The van der Waals surface area contributed by atoms with Gasteiger partial charge in [0.05, 0.1) is 6.61 Å². The molecule has 0 heterocycles. The van der Waals surface area contributed by atoms with Crippen molar-refractivity contribution < 1.29 is 18.7 Å². The van der Waals surface area contributed by atoms with Gasteiger partial charge in [-0.05, 0) is 31.5 Å². The van der Waals surface area contributed by atoms with Crippen LogP contribution in [0.2, 0.25) is 0 Å². The maximum atomic E-state index is 13.0. The van der Waals surface area contributed by atoms with Crippen molar-refractivity contribution in [2.45, 2.75) is 19.8 Å². The van der Waals surface area contributed by atoms with Crippen LogP contribution in [0.3, 0.4) is 0 Å². The maximum Gasteiger partial charge on any atom is 0.320 e. The van der Waals surface area contributed by atoms with Crippen molar-refractivity contribution in [3.05, 3.63) is 35.6 Å². The molecule has 0 amide bonds. The number of halogens is 1. The van der Waals surface area contributed by atoms with E-state index in [1.54, 1.807) is 6.92 Å². The minimum absolute atomic E-state index is 0.192. The molecular weight excluding hydrogens is 211 g/mol. The molecule has 0 radical (unpaired) electrons. The quantitative estimate of drug-likeness (QED) is 0.580. The van der Waals surface area contributed by atoms with Crippen molar-refractivity contribution >= 4 is 11.8 Å². The van der Waals surface area contributed by atoms with Crippen LogP contribution in [0.25, 0.3) is 0 Å². The molecule has 0 aliphatic carbocycles. The Kier molecular flexibility index (Phi) is 4.17. The lowest BCUT2D eigenvalue weighted by Gasteiger charge is -2.12. The highest BCUT2D eigenvalue weighted by Gasteiger charge is 2.26. The molecule has 0 aliphatic heterocycles. The van der Waals surface area contributed by atoms with Crippen molar-refractivity contribution in [2.75, 3.05) is 6.61 Å². The summed E-state index contributed by atoms with van der Waals surface area (Å²) in [5.74, 6) is -2.51. The molecule has 1 aromatic rings. The summed E-state index contributed by atoms with van der Waals surface area (Å²) >= 11 is 0. The van der Waals surface area contributed by atoms with Crippen LogP contribution in [0, 0.1) is 5.82 Å². The van der Waals surface area contributed by atoms with Gasteiger partial charge >= 0.3 is 5.97 Å². The van der Waals surface area contributed by atoms with Gasteiger partial charge in [-0.2, -0.15) is 0 Å². The fourth-order valence-corrected chi connectivity index (χ4v) is 1.45. The minimum atomic E-state index is -1.03. The lowest BCUT2D eigenvalue weighted by molar-refractivity contribution is -0.147. The van der Waals surface area contributed by atoms with E-state index in [0.29, 0.717) is 5.56 Å². The Morgan fingerprint density at radius 2 is 2.12 bits per heavy atom. The van der Waals surface area contributed by atoms with Gasteiger partial charge in [0, 0.05) is 0 Å². The molecule has 16 heavy (non-hydrogen) atoms. The molecule has 0 N–H and O–H groups in total. The summed E-state index contributed by atoms with van der Waals surface area (Å²) in [7, 11) is 0. The lowest BCUT2D eigenvalue weighted by atomic mass is 9.95. The molecule has 1 unspecified atom stereocenters. The first-order valence-corrected chi connectivity index (χ1v) is 4.98. The van der Waals surface area contributed by atoms with E-state index in [1.165, 1.54) is 31.2 Å². The Morgan fingerprint density at radius 3 is 2.62 bits per heavy atom. The third kappa shape index (κ3) is 2.89. The molecule has 86 valence electrons. The second-order valence-electron chi connectivity index (χ2n) is 3.35. The molecule has 3 nitrogen and oxygen atoms in total. The Labute approximate surface area is 93.2 Å². The molecule has 0 saturated heterocycles. The molecule has 0 aliphatic rings. The highest BCUT2D eigenvalue weighted by Crippen LogP contribution is 2.19. The summed E-state index contributed by atoms with van der Waals surface area (Å²) < 4.78 is 17.8. The van der Waals surface area contributed by atoms with Crippen LogP contribution in [-0.4, -0.2) is 18.4 Å². The zero-order valence-corrected chi connectivity index (χ0v) is 9.20. The molecule has 1 aromatic carbocycles. The number of hydrogen-bond acceptors (Lipinski definition) is 3. The zero-order chi connectivity index (χ0) is 12.1. The smallest absolute Gasteiger partial charge is 0.320 e. The average Bonchev–Trinajstić information content (AvgIpc) is 2.17. The summed E-state index contributed by atoms with van der Waals surface area (Å²) in [4.78, 5) is 22.9. The van der Waals surface area contributed by atoms with Gasteiger partial charge in [-0.1, -0.05) is 12.1 Å². The lowest BCUT2D eigenvalue weighted by Crippen LogP contribution is -2.22. The number of rotatable bonds is 4. The number of hydrogen-bond donors (Lipinski definition) is 0. The predicted octanol–water partition coefficient (Wildman–Crippen LogP) is 2.06. The summed E-state index contributed by atoms with van der Waals surface area (Å²) in [5.41, 5.74) is 0.325. The summed E-state index contributed by atoms with van der Waals surface area (Å²) in [6.45, 7) is 3.13. The van der Waals surface area contributed by atoms with Gasteiger partial charge in [0.2, 0.25) is 0 Å². The van der Waals surface area contributed by atoms with Crippen LogP contribution < -0.4 is 0 Å². The van der Waals surface area contributed by atoms with Crippen LogP contribution in [0.15, 0.2) is 24.3 Å². The van der Waals surface area contributed by atoms with E-state index in [1.807, 2.05) is 0 Å². The van der Waals surface area contributed by atoms with Gasteiger partial charge in [-0.25, -0.2) is 4.39 Å². The second-order valence-corrected chi connectivity index (χ2v) is 3.35. The normalized spacial score (nSPS) is 11.9. The third-order valence-corrected chi connectivity index (χ3v) is 2.11. The van der Waals surface area contributed by atoms with Crippen LogP contribution in [0.5, 0.6) is 0 Å². The van der Waals surface area contributed by atoms with E-state index >= 15 is 0 Å². The minimum Gasteiger partial charge on any atom is -0.465 e. The molecule has 0 fully saturated rings. The maximum absolute atomic E-state index is 13.0. The van der Waals surface area contributed by atoms with Gasteiger partial charge < -0.3 is 4.74 Å². The van der Waals surface area contributed by atoms with Gasteiger partial charge in [0.1, 0.15) is 17.5 Å². The molecule has 0 spiro atoms. The van der Waals surface area contributed by atoms with Crippen LogP contribution in [0.4, 0.5) is 4.39 Å². The van der Waals surface area contributed by atoms with E-state index in [4.69, 9.17) is 4.74 Å². The standard InChI is InChI=1S/C12H13FO3/c1-3-16-12(15)11(8(2)14)9-5-4-6-10(13)7-9/h4-7,11H,3H2,1-2H3. The summed E-state index contributed by atoms with van der Waals surface area (Å²) in [6, 6.07) is 5.42. The van der Waals surface area contributed by atoms with Crippen LogP contribution >= 0.6 is 0 Å². The van der Waals surface area contributed by atoms with Gasteiger partial charge in [-0.15, -0.1) is 0 Å². The Morgan fingerprint density at radius 1 is 1.44 bits per heavy atom. The molecule has 0 saturated carbocycles. The van der Waals surface area contributed by atoms with E-state index in [0.717, 1.165) is 0 Å². The fourth-order valence-electron chi connectivity index (χ4n) is 1.45. The highest BCUT2D eigenvalue weighted by molar-refractivity contribution is 6.03. The van der Waals surface area contributed by atoms with Crippen molar-refractivity contribution in [1.29, 1.82) is 0 Å². The van der Waals surface area contributed by atoms with E-state index in [2.05, 4.69) is 0 Å². The van der Waals surface area contributed by atoms with Crippen LogP contribution in [0.1, 0.15) is 25.3 Å². The van der Waals surface area contributed by atoms with Gasteiger partial charge in [0.25, 0.3) is 0 Å². The highest BCUT2D eigenvalue weighted by atomic mass is 19.1. The number of ether oxygens (including phenoxy) is 1. The molecule has 1 rings (SSSR count). The molecule has 1 atom stereocenters. The summed E-state index contributed by atoms with van der Waals surface area (Å²) in [5, 5.41) is 0. The number of carbonyl (C=O) groups excluding carboxylic acids is 2. The Balaban J connectivity index is 3.03. The average molecular weight is 224 g/mol. The second kappa shape index (κ2) is 5.39. The fraction of sp³-hybridized carbons (Fsp3) is 0.333. The third-order valence-electron chi connectivity index (χ3n) is 2.11. The monoisotopic (exact) mass is 224 g/mol. The summed E-state index contributed by atoms with van der Waals surface area (Å²) in [6.07, 6.45) is 0. The van der Waals surface area contributed by atoms with Crippen molar-refractivity contribution in [3.63, 3.8) is 0 Å². The van der Waals surface area contributed by atoms with E-state index < -0.39 is 17.7 Å². The number of carbonyl (C=O) groups is 2. The largest absolute Gasteiger partial charge is 0.465 e. The Hall–Kier alpha value is -1.71. The number of benzene rings is 1. The van der Waals surface area contributed by atoms with Crippen molar-refractivity contribution in [1.82, 2.24) is 0 Å². The molecule has 0 aromatic heterocycles. The van der Waals surface area contributed by atoms with Crippen molar-refractivity contribution in [2.24, 2.45) is 0 Å². The van der Waals surface area contributed by atoms with E-state index in [9.17, 15) is 14.0 Å². The van der Waals surface area contributed by atoms with E-state index in [-0.39, 0.29) is 12.4 Å². The first-order valence-electron chi connectivity index (χ1n) is 4.98. The number of ketones is 1. The first-order chi connectivity index (χ1) is 7.56. The topological polar surface area (TPSA) is 43.4 Å². The van der Waals surface area contributed by atoms with Gasteiger partial charge in [0.15, 0.2) is 0 Å². The predicted molar refractivity (Wildman–Crippen MR) is 56.5 cm³/mol. The molecule has 4 heteroatoms. The number of Topliss-reactive ketones (excluding diaryl/α,β-unsaturated/α-hetero) is 1. The molecular formula is C12H13FO3. The Bertz CT molecular complexity index is 401. The van der Waals surface area contributed by atoms with Gasteiger partial charge in [-0.3, -0.25) is 9.59 Å². The molecule has 0 bridgehead atoms.